The summed E-state index contributed by atoms with van der Waals surface area (Å²) in [6, 6.07) is 0. The molecule has 1 rings (SSSR count). The van der Waals surface area contributed by atoms with Gasteiger partial charge in [0, 0.05) is 0 Å². The molecule has 0 saturated carbocycles. The summed E-state index contributed by atoms with van der Waals surface area (Å²) in [6.45, 7) is 13.5. The average Bonchev–Trinajstić information content (AvgIpc) is 2.21. The molecule has 0 atom stereocenters. The summed E-state index contributed by atoms with van der Waals surface area (Å²) in [7, 11) is 0. The first kappa shape index (κ1) is 14.2. The van der Waals surface area contributed by atoms with Crippen LogP contribution in [-0.4, -0.2) is 0 Å². The fourth-order valence-electron chi connectivity index (χ4n) is 1.00. The van der Waals surface area contributed by atoms with Gasteiger partial charge in [-0.3, -0.25) is 0 Å². The molecular formula is C13H20. The third-order valence-electron chi connectivity index (χ3n) is 1.67. The van der Waals surface area contributed by atoms with Crippen LogP contribution in [0.4, 0.5) is 0 Å². The molecule has 0 heteroatoms. The Labute approximate surface area is 82.7 Å². The average molecular weight is 176 g/mol. The molecule has 0 aromatic rings. The van der Waals surface area contributed by atoms with Crippen molar-refractivity contribution in [3.63, 3.8) is 0 Å². The van der Waals surface area contributed by atoms with Gasteiger partial charge in [0.2, 0.25) is 0 Å². The lowest BCUT2D eigenvalue weighted by Gasteiger charge is -2.07. The van der Waals surface area contributed by atoms with E-state index in [1.54, 1.807) is 0 Å². The molecule has 0 saturated heterocycles. The van der Waals surface area contributed by atoms with Crippen molar-refractivity contribution < 1.29 is 0 Å². The third-order valence-corrected chi connectivity index (χ3v) is 1.67. The van der Waals surface area contributed by atoms with Gasteiger partial charge in [-0.1, -0.05) is 44.9 Å². The summed E-state index contributed by atoms with van der Waals surface area (Å²) in [6.07, 6.45) is 10.4. The van der Waals surface area contributed by atoms with Crippen molar-refractivity contribution in [3.05, 3.63) is 61.8 Å². The smallest absolute Gasteiger partial charge is 0.0238 e. The van der Waals surface area contributed by atoms with Crippen LogP contribution in [0.2, 0.25) is 0 Å². The second-order valence-corrected chi connectivity index (χ2v) is 2.39. The highest BCUT2D eigenvalue weighted by molar-refractivity contribution is 5.39. The zero-order valence-corrected chi connectivity index (χ0v) is 7.55. The number of allylic oxidation sites excluding steroid dienone is 6. The second kappa shape index (κ2) is 8.79. The zero-order valence-electron chi connectivity index (χ0n) is 7.55. The van der Waals surface area contributed by atoms with Gasteiger partial charge >= 0.3 is 0 Å². The van der Waals surface area contributed by atoms with E-state index in [1.165, 1.54) is 5.57 Å². The Kier molecular flexibility index (Phi) is 9.63. The highest BCUT2D eigenvalue weighted by atomic mass is 14.0. The Morgan fingerprint density at radius 3 is 2.38 bits per heavy atom. The van der Waals surface area contributed by atoms with Crippen molar-refractivity contribution >= 4 is 0 Å². The maximum Gasteiger partial charge on any atom is -0.0238 e. The molecule has 0 bridgehead atoms. The summed E-state index contributed by atoms with van der Waals surface area (Å²) >= 11 is 0. The molecule has 0 spiro atoms. The van der Waals surface area contributed by atoms with E-state index in [2.05, 4.69) is 44.5 Å². The van der Waals surface area contributed by atoms with E-state index in [1.807, 2.05) is 6.08 Å². The van der Waals surface area contributed by atoms with Gasteiger partial charge < -0.3 is 0 Å². The molecular weight excluding hydrogens is 156 g/mol. The minimum absolute atomic E-state index is 0. The van der Waals surface area contributed by atoms with Gasteiger partial charge in [-0.25, -0.2) is 0 Å². The fourth-order valence-corrected chi connectivity index (χ4v) is 1.00. The Morgan fingerprint density at radius 2 is 2.00 bits per heavy atom. The largest absolute Gasteiger partial charge is 0.106 e. The van der Waals surface area contributed by atoms with Crippen molar-refractivity contribution in [2.24, 2.45) is 0 Å². The van der Waals surface area contributed by atoms with Crippen LogP contribution in [0.1, 0.15) is 20.3 Å². The maximum absolute atomic E-state index is 3.88. The molecule has 0 heterocycles. The molecule has 13 heavy (non-hydrogen) atoms. The van der Waals surface area contributed by atoms with E-state index < -0.39 is 0 Å². The van der Waals surface area contributed by atoms with Crippen LogP contribution in [0.25, 0.3) is 0 Å². The fraction of sp³-hybridized carbons (Fsp3) is 0.231. The molecule has 0 amide bonds. The first-order valence-electron chi connectivity index (χ1n) is 4.02. The molecule has 0 aromatic heterocycles. The topological polar surface area (TPSA) is 0 Å². The van der Waals surface area contributed by atoms with Crippen LogP contribution < -0.4 is 0 Å². The van der Waals surface area contributed by atoms with E-state index in [0.29, 0.717) is 0 Å². The minimum atomic E-state index is 0. The summed E-state index contributed by atoms with van der Waals surface area (Å²) in [5.41, 5.74) is 2.38. The Bertz CT molecular complexity index is 216. The van der Waals surface area contributed by atoms with Gasteiger partial charge in [0.25, 0.3) is 0 Å². The predicted molar refractivity (Wildman–Crippen MR) is 63.8 cm³/mol. The van der Waals surface area contributed by atoms with Crippen molar-refractivity contribution in [2.45, 2.75) is 20.3 Å². The third kappa shape index (κ3) is 5.02. The highest BCUT2D eigenvalue weighted by Gasteiger charge is 1.99. The molecule has 0 radical (unpaired) electrons. The Balaban J connectivity index is 0. The van der Waals surface area contributed by atoms with Crippen LogP contribution in [0, 0.1) is 0 Å². The van der Waals surface area contributed by atoms with Crippen LogP contribution in [0.3, 0.4) is 0 Å². The van der Waals surface area contributed by atoms with E-state index in [0.717, 1.165) is 18.4 Å². The molecule has 0 nitrogen and oxygen atoms in total. The minimum Gasteiger partial charge on any atom is -0.106 e. The molecule has 0 N–H and O–H groups in total. The molecule has 0 aromatic carbocycles. The zero-order chi connectivity index (χ0) is 9.40. The van der Waals surface area contributed by atoms with Crippen molar-refractivity contribution in [2.75, 3.05) is 0 Å². The van der Waals surface area contributed by atoms with Gasteiger partial charge in [-0.15, -0.1) is 13.2 Å². The molecule has 0 aliphatic heterocycles. The van der Waals surface area contributed by atoms with Gasteiger partial charge in [-0.05, 0) is 24.0 Å². The SMILES string of the molecule is C.C=C.C=CC(=C)C1=CC=CCC1. The van der Waals surface area contributed by atoms with Crippen molar-refractivity contribution in [1.82, 2.24) is 0 Å². The van der Waals surface area contributed by atoms with Crippen LogP contribution >= 0.6 is 0 Å². The number of rotatable bonds is 2. The van der Waals surface area contributed by atoms with E-state index >= 15 is 0 Å². The lowest BCUT2D eigenvalue weighted by atomic mass is 9.99. The summed E-state index contributed by atoms with van der Waals surface area (Å²) in [5.74, 6) is 0. The second-order valence-electron chi connectivity index (χ2n) is 2.39. The summed E-state index contributed by atoms with van der Waals surface area (Å²) < 4.78 is 0. The van der Waals surface area contributed by atoms with Crippen LogP contribution in [-0.2, 0) is 0 Å². The van der Waals surface area contributed by atoms with Crippen molar-refractivity contribution in [3.8, 4) is 0 Å². The maximum atomic E-state index is 3.88. The molecule has 72 valence electrons. The standard InChI is InChI=1S/C10H12.C2H4.CH4/c1-3-9(2)10-7-5-4-6-8-10;1-2;/h3-5,7H,1-2,6,8H2;1-2H2;1H4. The van der Waals surface area contributed by atoms with Crippen LogP contribution in [0.5, 0.6) is 0 Å². The van der Waals surface area contributed by atoms with Gasteiger partial charge in [0.05, 0.1) is 0 Å². The summed E-state index contributed by atoms with van der Waals surface area (Å²) in [4.78, 5) is 0. The number of hydrogen-bond donors (Lipinski definition) is 0. The van der Waals surface area contributed by atoms with Crippen LogP contribution in [0.15, 0.2) is 61.8 Å². The van der Waals surface area contributed by atoms with Crippen molar-refractivity contribution in [1.29, 1.82) is 0 Å². The van der Waals surface area contributed by atoms with E-state index in [9.17, 15) is 0 Å². The lowest BCUT2D eigenvalue weighted by molar-refractivity contribution is 0.980. The van der Waals surface area contributed by atoms with E-state index in [-0.39, 0.29) is 7.43 Å². The first-order chi connectivity index (χ1) is 5.84. The number of hydrogen-bond acceptors (Lipinski definition) is 0. The molecule has 1 aliphatic rings. The Hall–Kier alpha value is -1.30. The van der Waals surface area contributed by atoms with Gasteiger partial charge in [-0.2, -0.15) is 0 Å². The van der Waals surface area contributed by atoms with Gasteiger partial charge in [0.1, 0.15) is 0 Å². The quantitative estimate of drug-likeness (QED) is 0.431. The molecule has 0 fully saturated rings. The first-order valence-corrected chi connectivity index (χ1v) is 4.02. The monoisotopic (exact) mass is 176 g/mol. The van der Waals surface area contributed by atoms with E-state index in [4.69, 9.17) is 0 Å². The highest BCUT2D eigenvalue weighted by Crippen LogP contribution is 2.18. The molecule has 0 unspecified atom stereocenters. The molecule has 1 aliphatic carbocycles. The normalized spacial score (nSPS) is 12.8. The predicted octanol–water partition coefficient (Wildman–Crippen LogP) is 4.44. The Morgan fingerprint density at radius 1 is 1.38 bits per heavy atom. The lowest BCUT2D eigenvalue weighted by Crippen LogP contribution is -1.87. The summed E-state index contributed by atoms with van der Waals surface area (Å²) in [5, 5.41) is 0. The van der Waals surface area contributed by atoms with Gasteiger partial charge in [0.15, 0.2) is 0 Å².